The molecule has 4 nitrogen and oxygen atoms in total. The zero-order chi connectivity index (χ0) is 13.9. The SMILES string of the molecule is CC1CN(C)C(C)CC1NCC1(CO)CCOCC1. The van der Waals surface area contributed by atoms with Gasteiger partial charge < -0.3 is 20.1 Å². The molecule has 0 aromatic heterocycles. The minimum Gasteiger partial charge on any atom is -0.396 e. The molecule has 2 aliphatic rings. The van der Waals surface area contributed by atoms with Gasteiger partial charge in [-0.3, -0.25) is 0 Å². The summed E-state index contributed by atoms with van der Waals surface area (Å²) in [6.07, 6.45) is 3.16. The first-order chi connectivity index (χ1) is 9.06. The maximum atomic E-state index is 9.73. The second-order valence-electron chi connectivity index (χ2n) is 6.76. The smallest absolute Gasteiger partial charge is 0.0501 e. The minimum absolute atomic E-state index is 0.0462. The number of hydrogen-bond acceptors (Lipinski definition) is 4. The molecule has 0 amide bonds. The molecule has 19 heavy (non-hydrogen) atoms. The summed E-state index contributed by atoms with van der Waals surface area (Å²) < 4.78 is 5.43. The Kier molecular flexibility index (Phi) is 5.23. The molecule has 0 aromatic rings. The number of nitrogens with one attached hydrogen (secondary N) is 1. The van der Waals surface area contributed by atoms with E-state index in [4.69, 9.17) is 4.74 Å². The number of aliphatic hydroxyl groups is 1. The van der Waals surface area contributed by atoms with Crippen molar-refractivity contribution in [2.75, 3.05) is 40.0 Å². The summed E-state index contributed by atoms with van der Waals surface area (Å²) in [5.74, 6) is 0.678. The van der Waals surface area contributed by atoms with E-state index in [0.29, 0.717) is 18.0 Å². The average molecular weight is 270 g/mol. The van der Waals surface area contributed by atoms with Crippen LogP contribution in [0.4, 0.5) is 0 Å². The Morgan fingerprint density at radius 2 is 2.00 bits per heavy atom. The van der Waals surface area contributed by atoms with Crippen molar-refractivity contribution in [2.45, 2.75) is 45.2 Å². The first-order valence-corrected chi connectivity index (χ1v) is 7.68. The van der Waals surface area contributed by atoms with Gasteiger partial charge in [-0.1, -0.05) is 6.92 Å². The molecule has 2 fully saturated rings. The van der Waals surface area contributed by atoms with E-state index >= 15 is 0 Å². The van der Waals surface area contributed by atoms with Crippen LogP contribution in [0.15, 0.2) is 0 Å². The number of piperidine rings is 1. The first-order valence-electron chi connectivity index (χ1n) is 7.68. The lowest BCUT2D eigenvalue weighted by Crippen LogP contribution is -2.53. The van der Waals surface area contributed by atoms with Gasteiger partial charge in [0.25, 0.3) is 0 Å². The average Bonchev–Trinajstić information content (AvgIpc) is 2.42. The molecule has 2 N–H and O–H groups in total. The number of aliphatic hydroxyl groups excluding tert-OH is 1. The van der Waals surface area contributed by atoms with Crippen LogP contribution in [0.5, 0.6) is 0 Å². The van der Waals surface area contributed by atoms with Crippen molar-refractivity contribution in [1.82, 2.24) is 10.2 Å². The summed E-state index contributed by atoms with van der Waals surface area (Å²) in [5, 5.41) is 13.5. The first kappa shape index (κ1) is 15.2. The molecule has 2 heterocycles. The van der Waals surface area contributed by atoms with Crippen LogP contribution < -0.4 is 5.32 Å². The lowest BCUT2D eigenvalue weighted by atomic mass is 9.80. The summed E-state index contributed by atoms with van der Waals surface area (Å²) >= 11 is 0. The summed E-state index contributed by atoms with van der Waals surface area (Å²) in [4.78, 5) is 2.44. The molecule has 0 aliphatic carbocycles. The minimum atomic E-state index is 0.0462. The molecule has 0 saturated carbocycles. The number of hydrogen-bond donors (Lipinski definition) is 2. The topological polar surface area (TPSA) is 44.7 Å². The second-order valence-corrected chi connectivity index (χ2v) is 6.76. The maximum absolute atomic E-state index is 9.73. The lowest BCUT2D eigenvalue weighted by molar-refractivity contribution is -0.0193. The Morgan fingerprint density at radius 3 is 2.63 bits per heavy atom. The van der Waals surface area contributed by atoms with E-state index in [9.17, 15) is 5.11 Å². The van der Waals surface area contributed by atoms with E-state index in [0.717, 1.165) is 39.1 Å². The van der Waals surface area contributed by atoms with Crippen LogP contribution >= 0.6 is 0 Å². The van der Waals surface area contributed by atoms with Crippen LogP contribution in [0.3, 0.4) is 0 Å². The molecule has 2 saturated heterocycles. The Labute approximate surface area is 117 Å². The van der Waals surface area contributed by atoms with Gasteiger partial charge in [-0.05, 0) is 39.2 Å². The zero-order valence-corrected chi connectivity index (χ0v) is 12.7. The molecule has 2 rings (SSSR count). The Balaban J connectivity index is 1.86. The molecule has 0 bridgehead atoms. The molecular weight excluding hydrogens is 240 g/mol. The lowest BCUT2D eigenvalue weighted by Gasteiger charge is -2.43. The Bertz CT molecular complexity index is 279. The standard InChI is InChI=1S/C15H30N2O2/c1-12-9-17(3)13(2)8-14(12)16-10-15(11-18)4-6-19-7-5-15/h12-14,16,18H,4-11H2,1-3H3. The quantitative estimate of drug-likeness (QED) is 0.803. The van der Waals surface area contributed by atoms with Crippen molar-refractivity contribution in [3.05, 3.63) is 0 Å². The van der Waals surface area contributed by atoms with Gasteiger partial charge in [0.05, 0.1) is 6.61 Å². The number of likely N-dealkylation sites (tertiary alicyclic amines) is 1. The van der Waals surface area contributed by atoms with Gasteiger partial charge in [0.1, 0.15) is 0 Å². The van der Waals surface area contributed by atoms with Crippen molar-refractivity contribution in [3.63, 3.8) is 0 Å². The van der Waals surface area contributed by atoms with Gasteiger partial charge in [0.15, 0.2) is 0 Å². The van der Waals surface area contributed by atoms with Crippen molar-refractivity contribution in [3.8, 4) is 0 Å². The fourth-order valence-electron chi connectivity index (χ4n) is 3.37. The van der Waals surface area contributed by atoms with Crippen LogP contribution in [0.2, 0.25) is 0 Å². The number of nitrogens with zero attached hydrogens (tertiary/aromatic N) is 1. The highest BCUT2D eigenvalue weighted by Gasteiger charge is 2.34. The second kappa shape index (κ2) is 6.53. The van der Waals surface area contributed by atoms with Crippen molar-refractivity contribution >= 4 is 0 Å². The normalized spacial score (nSPS) is 36.3. The van der Waals surface area contributed by atoms with E-state index in [1.807, 2.05) is 0 Å². The number of ether oxygens (including phenoxy) is 1. The predicted molar refractivity (Wildman–Crippen MR) is 77.2 cm³/mol. The molecule has 3 unspecified atom stereocenters. The van der Waals surface area contributed by atoms with E-state index in [2.05, 4.69) is 31.1 Å². The van der Waals surface area contributed by atoms with Crippen molar-refractivity contribution in [1.29, 1.82) is 0 Å². The van der Waals surface area contributed by atoms with E-state index in [-0.39, 0.29) is 12.0 Å². The van der Waals surface area contributed by atoms with Gasteiger partial charge in [0, 0.05) is 43.8 Å². The highest BCUT2D eigenvalue weighted by atomic mass is 16.5. The van der Waals surface area contributed by atoms with E-state index in [1.54, 1.807) is 0 Å². The van der Waals surface area contributed by atoms with Gasteiger partial charge in [-0.2, -0.15) is 0 Å². The van der Waals surface area contributed by atoms with Crippen LogP contribution in [0.25, 0.3) is 0 Å². The molecule has 0 spiro atoms. The Hall–Kier alpha value is -0.160. The largest absolute Gasteiger partial charge is 0.396 e. The molecule has 112 valence electrons. The molecule has 0 radical (unpaired) electrons. The summed E-state index contributed by atoms with van der Waals surface area (Å²) in [6, 6.07) is 1.23. The number of rotatable bonds is 4. The van der Waals surface area contributed by atoms with Crippen LogP contribution in [0, 0.1) is 11.3 Å². The van der Waals surface area contributed by atoms with Crippen LogP contribution in [-0.2, 0) is 4.74 Å². The monoisotopic (exact) mass is 270 g/mol. The van der Waals surface area contributed by atoms with Gasteiger partial charge in [-0.15, -0.1) is 0 Å². The van der Waals surface area contributed by atoms with Gasteiger partial charge in [-0.25, -0.2) is 0 Å². The summed E-state index contributed by atoms with van der Waals surface area (Å²) in [6.45, 7) is 8.59. The third-order valence-corrected chi connectivity index (χ3v) is 5.24. The molecule has 4 heteroatoms. The maximum Gasteiger partial charge on any atom is 0.0501 e. The van der Waals surface area contributed by atoms with Crippen LogP contribution in [0.1, 0.15) is 33.1 Å². The highest BCUT2D eigenvalue weighted by molar-refractivity contribution is 4.90. The third-order valence-electron chi connectivity index (χ3n) is 5.24. The van der Waals surface area contributed by atoms with Gasteiger partial charge in [0.2, 0.25) is 0 Å². The summed E-state index contributed by atoms with van der Waals surface area (Å²) in [7, 11) is 2.21. The molecule has 3 atom stereocenters. The van der Waals surface area contributed by atoms with Crippen molar-refractivity contribution in [2.24, 2.45) is 11.3 Å². The highest BCUT2D eigenvalue weighted by Crippen LogP contribution is 2.30. The zero-order valence-electron chi connectivity index (χ0n) is 12.7. The third kappa shape index (κ3) is 3.69. The molecule has 0 aromatic carbocycles. The predicted octanol–water partition coefficient (Wildman–Crippen LogP) is 1.09. The van der Waals surface area contributed by atoms with E-state index < -0.39 is 0 Å². The summed E-state index contributed by atoms with van der Waals surface area (Å²) in [5.41, 5.74) is 0.0462. The fraction of sp³-hybridized carbons (Fsp3) is 1.00. The fourth-order valence-corrected chi connectivity index (χ4v) is 3.37. The Morgan fingerprint density at radius 1 is 1.32 bits per heavy atom. The van der Waals surface area contributed by atoms with Gasteiger partial charge >= 0.3 is 0 Å². The van der Waals surface area contributed by atoms with Crippen LogP contribution in [-0.4, -0.2) is 62.0 Å². The molecule has 2 aliphatic heterocycles. The van der Waals surface area contributed by atoms with E-state index in [1.165, 1.54) is 6.42 Å². The molecular formula is C15H30N2O2. The van der Waals surface area contributed by atoms with Crippen molar-refractivity contribution < 1.29 is 9.84 Å².